The van der Waals surface area contributed by atoms with Gasteiger partial charge in [0.25, 0.3) is 11.8 Å². The number of aromatic nitrogens is 3. The lowest BCUT2D eigenvalue weighted by Crippen LogP contribution is -2.18. The number of amides is 2. The maximum absolute atomic E-state index is 12.9. The third-order valence-electron chi connectivity index (χ3n) is 4.16. The predicted molar refractivity (Wildman–Crippen MR) is 101 cm³/mol. The van der Waals surface area contributed by atoms with Gasteiger partial charge < -0.3 is 11.1 Å². The van der Waals surface area contributed by atoms with Gasteiger partial charge in [0.15, 0.2) is 5.65 Å². The minimum absolute atomic E-state index is 0.161. The number of nitrogens with zero attached hydrogens (tertiary/aromatic N) is 3. The molecule has 0 aliphatic carbocycles. The molecule has 27 heavy (non-hydrogen) atoms. The lowest BCUT2D eigenvalue weighted by molar-refractivity contribution is 0.0996. The van der Waals surface area contributed by atoms with Gasteiger partial charge in [-0.2, -0.15) is 5.10 Å². The van der Waals surface area contributed by atoms with Crippen LogP contribution in [0, 0.1) is 0 Å². The maximum Gasteiger partial charge on any atom is 0.274 e. The molecule has 0 bridgehead atoms. The Kier molecular flexibility index (Phi) is 4.10. The molecule has 4 rings (SSSR count). The summed E-state index contributed by atoms with van der Waals surface area (Å²) in [6, 6.07) is 18.8. The van der Waals surface area contributed by atoms with E-state index < -0.39 is 5.91 Å². The summed E-state index contributed by atoms with van der Waals surface area (Å²) in [6.07, 6.45) is 2.75. The molecule has 7 heteroatoms. The molecule has 4 aromatic rings. The topological polar surface area (TPSA) is 102 Å². The Hall–Kier alpha value is -4.00. The normalized spacial score (nSPS) is 10.7. The highest BCUT2D eigenvalue weighted by molar-refractivity contribution is 6.06. The second-order valence-electron chi connectivity index (χ2n) is 5.85. The molecular formula is C20H15N5O2. The van der Waals surface area contributed by atoms with Crippen LogP contribution in [0.15, 0.2) is 73.1 Å². The molecular weight excluding hydrogens is 342 g/mol. The number of para-hydroxylation sites is 1. The van der Waals surface area contributed by atoms with Crippen molar-refractivity contribution in [3.05, 3.63) is 84.3 Å². The summed E-state index contributed by atoms with van der Waals surface area (Å²) in [7, 11) is 0. The number of anilines is 1. The van der Waals surface area contributed by atoms with Gasteiger partial charge in [-0.1, -0.05) is 48.5 Å². The molecule has 0 saturated heterocycles. The van der Waals surface area contributed by atoms with E-state index in [4.69, 9.17) is 5.73 Å². The summed E-state index contributed by atoms with van der Waals surface area (Å²) >= 11 is 0. The second-order valence-corrected chi connectivity index (χ2v) is 5.85. The van der Waals surface area contributed by atoms with Crippen molar-refractivity contribution in [3.63, 3.8) is 0 Å². The fraction of sp³-hybridized carbons (Fsp3) is 0. The van der Waals surface area contributed by atoms with Crippen LogP contribution in [-0.4, -0.2) is 26.4 Å². The Morgan fingerprint density at radius 1 is 0.963 bits per heavy atom. The lowest BCUT2D eigenvalue weighted by atomic mass is 10.0. The highest BCUT2D eigenvalue weighted by Crippen LogP contribution is 2.28. The Morgan fingerprint density at radius 3 is 2.48 bits per heavy atom. The average molecular weight is 357 g/mol. The molecule has 7 nitrogen and oxygen atoms in total. The highest BCUT2D eigenvalue weighted by atomic mass is 16.2. The van der Waals surface area contributed by atoms with E-state index in [0.717, 1.165) is 11.1 Å². The lowest BCUT2D eigenvalue weighted by Gasteiger charge is -2.12. The largest absolute Gasteiger partial charge is 0.365 e. The van der Waals surface area contributed by atoms with Gasteiger partial charge in [-0.25, -0.2) is 9.50 Å². The van der Waals surface area contributed by atoms with Crippen LogP contribution in [0.4, 0.5) is 5.69 Å². The predicted octanol–water partition coefficient (Wildman–Crippen LogP) is 2.75. The molecule has 2 heterocycles. The smallest absolute Gasteiger partial charge is 0.274 e. The first-order chi connectivity index (χ1) is 13.1. The Labute approximate surface area is 154 Å². The molecule has 0 aliphatic heterocycles. The van der Waals surface area contributed by atoms with Crippen LogP contribution in [0.25, 0.3) is 16.8 Å². The average Bonchev–Trinajstić information content (AvgIpc) is 3.13. The van der Waals surface area contributed by atoms with Gasteiger partial charge in [0, 0.05) is 17.4 Å². The van der Waals surface area contributed by atoms with E-state index in [1.54, 1.807) is 0 Å². The van der Waals surface area contributed by atoms with Crippen molar-refractivity contribution in [1.82, 2.24) is 14.6 Å². The molecule has 0 spiro atoms. The third kappa shape index (κ3) is 3.02. The van der Waals surface area contributed by atoms with E-state index in [1.165, 1.54) is 23.0 Å². The van der Waals surface area contributed by atoms with E-state index in [0.29, 0.717) is 5.69 Å². The van der Waals surface area contributed by atoms with Gasteiger partial charge in [-0.3, -0.25) is 9.59 Å². The molecule has 0 unspecified atom stereocenters. The first kappa shape index (κ1) is 16.5. The van der Waals surface area contributed by atoms with Crippen molar-refractivity contribution in [3.8, 4) is 11.1 Å². The van der Waals surface area contributed by atoms with Crippen LogP contribution < -0.4 is 11.1 Å². The Bertz CT molecular complexity index is 1150. The summed E-state index contributed by atoms with van der Waals surface area (Å²) in [5, 5.41) is 6.99. The van der Waals surface area contributed by atoms with Crippen molar-refractivity contribution < 1.29 is 9.59 Å². The summed E-state index contributed by atoms with van der Waals surface area (Å²) in [5.41, 5.74) is 8.53. The number of hydrogen-bond donors (Lipinski definition) is 2. The van der Waals surface area contributed by atoms with Gasteiger partial charge in [0.05, 0.1) is 6.20 Å². The zero-order chi connectivity index (χ0) is 18.8. The SMILES string of the molecule is NC(=O)c1cnn2c(C(=O)Nc3ccccc3-c3ccccc3)ccnc12. The number of fused-ring (bicyclic) bond motifs is 1. The number of nitrogens with one attached hydrogen (secondary N) is 1. The number of carbonyl (C=O) groups excluding carboxylic acids is 2. The number of hydrogen-bond acceptors (Lipinski definition) is 4. The van der Waals surface area contributed by atoms with Crippen LogP contribution in [0.5, 0.6) is 0 Å². The molecule has 0 radical (unpaired) electrons. The Morgan fingerprint density at radius 2 is 1.70 bits per heavy atom. The van der Waals surface area contributed by atoms with Crippen LogP contribution in [0.3, 0.4) is 0 Å². The van der Waals surface area contributed by atoms with Crippen LogP contribution in [0.1, 0.15) is 20.8 Å². The van der Waals surface area contributed by atoms with Crippen molar-refractivity contribution in [2.45, 2.75) is 0 Å². The van der Waals surface area contributed by atoms with Crippen LogP contribution >= 0.6 is 0 Å². The summed E-state index contributed by atoms with van der Waals surface area (Å²) in [6.45, 7) is 0. The zero-order valence-corrected chi connectivity index (χ0v) is 14.2. The summed E-state index contributed by atoms with van der Waals surface area (Å²) in [4.78, 5) is 28.5. The van der Waals surface area contributed by atoms with E-state index in [1.807, 2.05) is 54.6 Å². The summed E-state index contributed by atoms with van der Waals surface area (Å²) in [5.74, 6) is -1.02. The number of rotatable bonds is 4. The van der Waals surface area contributed by atoms with Gasteiger partial charge in [0.1, 0.15) is 11.3 Å². The second kappa shape index (κ2) is 6.72. The Balaban J connectivity index is 1.72. The minimum Gasteiger partial charge on any atom is -0.365 e. The van der Waals surface area contributed by atoms with Crippen molar-refractivity contribution >= 4 is 23.1 Å². The summed E-state index contributed by atoms with van der Waals surface area (Å²) < 4.78 is 1.31. The van der Waals surface area contributed by atoms with Crippen LogP contribution in [-0.2, 0) is 0 Å². The molecule has 2 aromatic heterocycles. The molecule has 0 saturated carbocycles. The highest BCUT2D eigenvalue weighted by Gasteiger charge is 2.17. The monoisotopic (exact) mass is 357 g/mol. The van der Waals surface area contributed by atoms with E-state index in [9.17, 15) is 9.59 Å². The molecule has 0 atom stereocenters. The molecule has 0 aliphatic rings. The van der Waals surface area contributed by atoms with Crippen molar-refractivity contribution in [2.24, 2.45) is 5.73 Å². The maximum atomic E-state index is 12.9. The number of primary amides is 1. The molecule has 2 aromatic carbocycles. The quantitative estimate of drug-likeness (QED) is 0.586. The van der Waals surface area contributed by atoms with Gasteiger partial charge >= 0.3 is 0 Å². The van der Waals surface area contributed by atoms with Gasteiger partial charge in [-0.05, 0) is 17.7 Å². The van der Waals surface area contributed by atoms with E-state index >= 15 is 0 Å². The molecule has 132 valence electrons. The first-order valence-corrected chi connectivity index (χ1v) is 8.23. The zero-order valence-electron chi connectivity index (χ0n) is 14.2. The standard InChI is InChI=1S/C20H15N5O2/c21-18(26)15-12-23-25-17(10-11-22-19(15)25)20(27)24-16-9-5-4-8-14(16)13-6-2-1-3-7-13/h1-12H,(H2,21,26)(H,24,27). The number of nitrogens with two attached hydrogens (primary N) is 1. The van der Waals surface area contributed by atoms with Crippen molar-refractivity contribution in [1.29, 1.82) is 0 Å². The van der Waals surface area contributed by atoms with E-state index in [2.05, 4.69) is 15.4 Å². The first-order valence-electron chi connectivity index (χ1n) is 8.23. The fourth-order valence-corrected chi connectivity index (χ4v) is 2.89. The van der Waals surface area contributed by atoms with Crippen LogP contribution in [0.2, 0.25) is 0 Å². The third-order valence-corrected chi connectivity index (χ3v) is 4.16. The number of carbonyl (C=O) groups is 2. The fourth-order valence-electron chi connectivity index (χ4n) is 2.89. The number of benzene rings is 2. The van der Waals surface area contributed by atoms with Gasteiger partial charge in [0.2, 0.25) is 0 Å². The molecule has 3 N–H and O–H groups in total. The van der Waals surface area contributed by atoms with E-state index in [-0.39, 0.29) is 22.8 Å². The molecule has 0 fully saturated rings. The van der Waals surface area contributed by atoms with Gasteiger partial charge in [-0.15, -0.1) is 0 Å². The minimum atomic E-state index is -0.649. The molecule has 2 amide bonds. The van der Waals surface area contributed by atoms with Crippen molar-refractivity contribution in [2.75, 3.05) is 5.32 Å².